The maximum atomic E-state index is 12.4. The zero-order valence-corrected chi connectivity index (χ0v) is 13.0. The molecule has 0 saturated carbocycles. The third-order valence-electron chi connectivity index (χ3n) is 4.19. The summed E-state index contributed by atoms with van der Waals surface area (Å²) in [4.78, 5) is 29.1. The standard InChI is InChI=1S/C17H17NO4/c1-5-11-9-6-12(21-3)13(22-4)7-10(9)14-15(18-11)17(20)8(2)16(14)19/h6-8H,5H2,1-4H3. The fourth-order valence-corrected chi connectivity index (χ4v) is 2.94. The number of carbonyl (C=O) groups excluding carboxylic acids is 2. The van der Waals surface area contributed by atoms with E-state index < -0.39 is 5.92 Å². The molecule has 0 N–H and O–H groups in total. The summed E-state index contributed by atoms with van der Waals surface area (Å²) < 4.78 is 10.7. The second kappa shape index (κ2) is 5.09. The van der Waals surface area contributed by atoms with Crippen molar-refractivity contribution in [2.45, 2.75) is 20.3 Å². The SMILES string of the molecule is CCc1nc2c(c3cc(OC)c(OC)cc13)C(=O)C(C)C2=O. The lowest BCUT2D eigenvalue weighted by atomic mass is 9.99. The second-order valence-corrected chi connectivity index (χ2v) is 5.34. The molecular weight excluding hydrogens is 282 g/mol. The van der Waals surface area contributed by atoms with Crippen LogP contribution in [0.3, 0.4) is 0 Å². The Hall–Kier alpha value is -2.43. The molecule has 1 aromatic carbocycles. The Bertz CT molecular complexity index is 810. The molecule has 1 atom stereocenters. The minimum absolute atomic E-state index is 0.174. The molecule has 0 saturated heterocycles. The van der Waals surface area contributed by atoms with Crippen LogP contribution in [0.2, 0.25) is 0 Å². The van der Waals surface area contributed by atoms with Gasteiger partial charge in [-0.05, 0) is 25.5 Å². The molecule has 5 nitrogen and oxygen atoms in total. The molecule has 0 bridgehead atoms. The summed E-state index contributed by atoms with van der Waals surface area (Å²) in [6.45, 7) is 3.60. The Labute approximate surface area is 128 Å². The molecule has 22 heavy (non-hydrogen) atoms. The quantitative estimate of drug-likeness (QED) is 0.815. The van der Waals surface area contributed by atoms with Crippen LogP contribution >= 0.6 is 0 Å². The number of benzene rings is 1. The van der Waals surface area contributed by atoms with Crippen molar-refractivity contribution in [1.29, 1.82) is 0 Å². The first-order valence-electron chi connectivity index (χ1n) is 7.20. The first-order chi connectivity index (χ1) is 10.5. The Morgan fingerprint density at radius 3 is 2.18 bits per heavy atom. The highest BCUT2D eigenvalue weighted by Crippen LogP contribution is 2.39. The number of hydrogen-bond donors (Lipinski definition) is 0. The van der Waals surface area contributed by atoms with E-state index in [0.29, 0.717) is 28.9 Å². The summed E-state index contributed by atoms with van der Waals surface area (Å²) in [5, 5.41) is 1.54. The molecule has 0 amide bonds. The van der Waals surface area contributed by atoms with E-state index in [0.717, 1.165) is 11.1 Å². The zero-order valence-electron chi connectivity index (χ0n) is 13.0. The van der Waals surface area contributed by atoms with Gasteiger partial charge in [-0.2, -0.15) is 0 Å². The fraction of sp³-hybridized carbons (Fsp3) is 0.353. The number of pyridine rings is 1. The highest BCUT2D eigenvalue weighted by molar-refractivity contribution is 6.29. The Morgan fingerprint density at radius 1 is 1.05 bits per heavy atom. The van der Waals surface area contributed by atoms with E-state index >= 15 is 0 Å². The zero-order chi connectivity index (χ0) is 16.0. The van der Waals surface area contributed by atoms with E-state index in [2.05, 4.69) is 4.98 Å². The van der Waals surface area contributed by atoms with Crippen LogP contribution in [-0.2, 0) is 6.42 Å². The van der Waals surface area contributed by atoms with Gasteiger partial charge < -0.3 is 9.47 Å². The predicted molar refractivity (Wildman–Crippen MR) is 82.1 cm³/mol. The molecule has 1 aromatic heterocycles. The van der Waals surface area contributed by atoms with E-state index in [4.69, 9.17) is 9.47 Å². The number of ketones is 2. The molecule has 0 aliphatic heterocycles. The predicted octanol–water partition coefficient (Wildman–Crippen LogP) is 2.83. The molecule has 1 aliphatic rings. The number of hydrogen-bond acceptors (Lipinski definition) is 5. The topological polar surface area (TPSA) is 65.5 Å². The minimum Gasteiger partial charge on any atom is -0.493 e. The largest absolute Gasteiger partial charge is 0.493 e. The molecule has 5 heteroatoms. The van der Waals surface area contributed by atoms with Gasteiger partial charge in [0.25, 0.3) is 0 Å². The van der Waals surface area contributed by atoms with Gasteiger partial charge >= 0.3 is 0 Å². The van der Waals surface area contributed by atoms with Crippen LogP contribution in [0.4, 0.5) is 0 Å². The maximum Gasteiger partial charge on any atom is 0.192 e. The lowest BCUT2D eigenvalue weighted by Crippen LogP contribution is -2.10. The van der Waals surface area contributed by atoms with Gasteiger partial charge in [-0.15, -0.1) is 0 Å². The van der Waals surface area contributed by atoms with E-state index in [-0.39, 0.29) is 17.3 Å². The van der Waals surface area contributed by atoms with Crippen molar-refractivity contribution in [1.82, 2.24) is 4.98 Å². The lowest BCUT2D eigenvalue weighted by molar-refractivity contribution is 0.0851. The van der Waals surface area contributed by atoms with Crippen LogP contribution in [0.25, 0.3) is 10.8 Å². The molecule has 0 radical (unpaired) electrons. The third kappa shape index (κ3) is 1.81. The van der Waals surface area contributed by atoms with Crippen LogP contribution in [0.1, 0.15) is 40.4 Å². The van der Waals surface area contributed by atoms with Gasteiger partial charge in [-0.25, -0.2) is 4.98 Å². The van der Waals surface area contributed by atoms with Crippen molar-refractivity contribution >= 4 is 22.3 Å². The van der Waals surface area contributed by atoms with Crippen molar-refractivity contribution < 1.29 is 19.1 Å². The number of aromatic nitrogens is 1. The number of fused-ring (bicyclic) bond motifs is 3. The van der Waals surface area contributed by atoms with Gasteiger partial charge in [0.05, 0.1) is 25.7 Å². The first kappa shape index (κ1) is 14.5. The van der Waals surface area contributed by atoms with Gasteiger partial charge in [0.1, 0.15) is 5.69 Å². The molecule has 0 spiro atoms. The summed E-state index contributed by atoms with van der Waals surface area (Å²) in [6, 6.07) is 3.58. The smallest absolute Gasteiger partial charge is 0.192 e. The average Bonchev–Trinajstić information content (AvgIpc) is 2.77. The Kier molecular flexibility index (Phi) is 3.35. The first-order valence-corrected chi connectivity index (χ1v) is 7.20. The summed E-state index contributed by atoms with van der Waals surface area (Å²) in [5.74, 6) is 0.0752. The maximum absolute atomic E-state index is 12.4. The number of carbonyl (C=O) groups is 2. The van der Waals surface area contributed by atoms with Gasteiger partial charge in [0.15, 0.2) is 23.1 Å². The molecule has 2 aromatic rings. The summed E-state index contributed by atoms with van der Waals surface area (Å²) in [7, 11) is 3.11. The minimum atomic E-state index is -0.661. The van der Waals surface area contributed by atoms with Gasteiger partial charge in [-0.3, -0.25) is 9.59 Å². The highest BCUT2D eigenvalue weighted by Gasteiger charge is 2.38. The molecule has 1 aliphatic carbocycles. The van der Waals surface area contributed by atoms with Crippen molar-refractivity contribution in [3.63, 3.8) is 0 Å². The van der Waals surface area contributed by atoms with Crippen LogP contribution in [0.15, 0.2) is 12.1 Å². The van der Waals surface area contributed by atoms with Crippen molar-refractivity contribution in [3.05, 3.63) is 29.1 Å². The Morgan fingerprint density at radius 2 is 1.64 bits per heavy atom. The molecule has 1 heterocycles. The summed E-state index contributed by atoms with van der Waals surface area (Å²) in [5.41, 5.74) is 1.48. The monoisotopic (exact) mass is 299 g/mol. The van der Waals surface area contributed by atoms with Gasteiger partial charge in [0, 0.05) is 16.5 Å². The molecule has 0 fully saturated rings. The van der Waals surface area contributed by atoms with E-state index in [1.807, 2.05) is 13.0 Å². The normalized spacial score (nSPS) is 17.0. The number of methoxy groups -OCH3 is 2. The summed E-state index contributed by atoms with van der Waals surface area (Å²) in [6.07, 6.45) is 0.662. The van der Waals surface area contributed by atoms with Crippen LogP contribution in [-0.4, -0.2) is 30.8 Å². The molecule has 114 valence electrons. The summed E-state index contributed by atoms with van der Waals surface area (Å²) >= 11 is 0. The molecule has 3 rings (SSSR count). The van der Waals surface area contributed by atoms with Crippen LogP contribution < -0.4 is 9.47 Å². The van der Waals surface area contributed by atoms with Gasteiger partial charge in [-0.1, -0.05) is 6.92 Å². The molecular formula is C17H17NO4. The van der Waals surface area contributed by atoms with E-state index in [1.165, 1.54) is 0 Å². The van der Waals surface area contributed by atoms with E-state index in [9.17, 15) is 9.59 Å². The number of rotatable bonds is 3. The lowest BCUT2D eigenvalue weighted by Gasteiger charge is -2.13. The van der Waals surface area contributed by atoms with E-state index in [1.54, 1.807) is 27.2 Å². The van der Waals surface area contributed by atoms with Crippen LogP contribution in [0, 0.1) is 5.92 Å². The fourth-order valence-electron chi connectivity index (χ4n) is 2.94. The van der Waals surface area contributed by atoms with Crippen molar-refractivity contribution in [2.24, 2.45) is 5.92 Å². The number of ether oxygens (including phenoxy) is 2. The number of nitrogens with zero attached hydrogens (tertiary/aromatic N) is 1. The second-order valence-electron chi connectivity index (χ2n) is 5.34. The van der Waals surface area contributed by atoms with Crippen molar-refractivity contribution in [2.75, 3.05) is 14.2 Å². The number of Topliss-reactive ketones (excluding diaryl/α,β-unsaturated/α-hetero) is 2. The molecule has 1 unspecified atom stereocenters. The average molecular weight is 299 g/mol. The van der Waals surface area contributed by atoms with Crippen LogP contribution in [0.5, 0.6) is 11.5 Å². The highest BCUT2D eigenvalue weighted by atomic mass is 16.5. The Balaban J connectivity index is 2.45. The van der Waals surface area contributed by atoms with Crippen molar-refractivity contribution in [3.8, 4) is 11.5 Å². The number of aryl methyl sites for hydroxylation is 1. The third-order valence-corrected chi connectivity index (χ3v) is 4.19. The van der Waals surface area contributed by atoms with Gasteiger partial charge in [0.2, 0.25) is 0 Å².